The highest BCUT2D eigenvalue weighted by molar-refractivity contribution is 6.09. The van der Waals surface area contributed by atoms with Crippen molar-refractivity contribution in [2.24, 2.45) is 0 Å². The monoisotopic (exact) mass is 411 g/mol. The fraction of sp³-hybridized carbons (Fsp3) is 0.333. The molecule has 1 aliphatic carbocycles. The first-order valence-electron chi connectivity index (χ1n) is 9.60. The zero-order chi connectivity index (χ0) is 21.4. The van der Waals surface area contributed by atoms with Crippen LogP contribution >= 0.6 is 0 Å². The summed E-state index contributed by atoms with van der Waals surface area (Å²) in [6.45, 7) is 6.04. The second-order valence-electron chi connectivity index (χ2n) is 8.79. The number of halogens is 2. The Kier molecular flexibility index (Phi) is 3.63. The van der Waals surface area contributed by atoms with Crippen LogP contribution < -0.4 is 4.90 Å². The van der Waals surface area contributed by atoms with Crippen LogP contribution in [0.5, 0.6) is 0 Å². The normalized spacial score (nSPS) is 17.0. The van der Waals surface area contributed by atoms with E-state index in [4.69, 9.17) is 0 Å². The first kappa shape index (κ1) is 18.7. The topological polar surface area (TPSA) is 73.0 Å². The summed E-state index contributed by atoms with van der Waals surface area (Å²) < 4.78 is 33.2. The molecular formula is C21H19F2N5O2. The number of rotatable bonds is 3. The molecule has 3 aromatic rings. The van der Waals surface area contributed by atoms with Crippen LogP contribution in [0.25, 0.3) is 5.69 Å². The van der Waals surface area contributed by atoms with Crippen LogP contribution in [0.15, 0.2) is 30.7 Å². The maximum atomic E-state index is 15.1. The van der Waals surface area contributed by atoms with Crippen LogP contribution in [0.3, 0.4) is 0 Å². The Bertz CT molecular complexity index is 1190. The Morgan fingerprint density at radius 1 is 1.13 bits per heavy atom. The number of benzene rings is 1. The molecule has 3 heterocycles. The predicted molar refractivity (Wildman–Crippen MR) is 104 cm³/mol. The standard InChI is InChI=1S/C21H19F2N5O2/c1-20(2,3)12-8-25-26(10-12)13-6-15(22)17(16(23)7-13)27-18(30)21(4-5-21)28-14(11-29)9-24-19(27)28/h6-11H,4-5H2,1-3H3. The zero-order valence-corrected chi connectivity index (χ0v) is 16.7. The molecule has 9 heteroatoms. The molecule has 1 saturated carbocycles. The van der Waals surface area contributed by atoms with Crippen molar-refractivity contribution in [3.8, 4) is 5.69 Å². The average Bonchev–Trinajstić information content (AvgIpc) is 3.05. The number of anilines is 2. The van der Waals surface area contributed by atoms with Crippen molar-refractivity contribution < 1.29 is 18.4 Å². The Morgan fingerprint density at radius 3 is 2.33 bits per heavy atom. The molecule has 7 nitrogen and oxygen atoms in total. The van der Waals surface area contributed by atoms with Crippen molar-refractivity contribution in [2.45, 2.75) is 44.6 Å². The zero-order valence-electron chi connectivity index (χ0n) is 16.7. The molecule has 5 rings (SSSR count). The maximum Gasteiger partial charge on any atom is 0.260 e. The molecule has 2 aromatic heterocycles. The number of aromatic nitrogens is 4. The fourth-order valence-electron chi connectivity index (χ4n) is 3.94. The lowest BCUT2D eigenvalue weighted by Crippen LogP contribution is -2.31. The largest absolute Gasteiger partial charge is 0.296 e. The first-order valence-corrected chi connectivity index (χ1v) is 9.60. The number of imidazole rings is 1. The van der Waals surface area contributed by atoms with Crippen molar-refractivity contribution in [3.05, 3.63) is 53.6 Å². The van der Waals surface area contributed by atoms with Crippen molar-refractivity contribution in [1.82, 2.24) is 19.3 Å². The van der Waals surface area contributed by atoms with Gasteiger partial charge in [0, 0.05) is 18.3 Å². The van der Waals surface area contributed by atoms with Gasteiger partial charge in [0.15, 0.2) is 17.9 Å². The van der Waals surface area contributed by atoms with E-state index in [0.717, 1.165) is 22.6 Å². The smallest absolute Gasteiger partial charge is 0.260 e. The third-order valence-electron chi connectivity index (χ3n) is 5.78. The van der Waals surface area contributed by atoms with E-state index in [-0.39, 0.29) is 22.7 Å². The van der Waals surface area contributed by atoms with Crippen LogP contribution in [0, 0.1) is 11.6 Å². The van der Waals surface area contributed by atoms with E-state index in [9.17, 15) is 9.59 Å². The van der Waals surface area contributed by atoms with Gasteiger partial charge in [0.05, 0.1) is 18.1 Å². The molecule has 1 spiro atoms. The molecule has 1 aromatic carbocycles. The Balaban J connectivity index is 1.60. The van der Waals surface area contributed by atoms with Crippen molar-refractivity contribution in [3.63, 3.8) is 0 Å². The number of hydrogen-bond donors (Lipinski definition) is 0. The number of nitrogens with zero attached hydrogens (tertiary/aromatic N) is 5. The van der Waals surface area contributed by atoms with Crippen LogP contribution in [-0.4, -0.2) is 31.5 Å². The summed E-state index contributed by atoms with van der Waals surface area (Å²) >= 11 is 0. The number of aldehydes is 1. The van der Waals surface area contributed by atoms with Gasteiger partial charge in [-0.1, -0.05) is 20.8 Å². The van der Waals surface area contributed by atoms with Gasteiger partial charge in [0.1, 0.15) is 16.9 Å². The summed E-state index contributed by atoms with van der Waals surface area (Å²) in [4.78, 5) is 29.4. The van der Waals surface area contributed by atoms with Gasteiger partial charge < -0.3 is 0 Å². The second-order valence-corrected chi connectivity index (χ2v) is 8.79. The minimum atomic E-state index is -0.969. The molecule has 0 N–H and O–H groups in total. The molecule has 154 valence electrons. The lowest BCUT2D eigenvalue weighted by molar-refractivity contribution is -0.120. The summed E-state index contributed by atoms with van der Waals surface area (Å²) in [6.07, 6.45) is 6.27. The Hall–Kier alpha value is -3.36. The van der Waals surface area contributed by atoms with Gasteiger partial charge in [0.2, 0.25) is 5.95 Å². The first-order chi connectivity index (χ1) is 14.2. The van der Waals surface area contributed by atoms with E-state index < -0.39 is 28.8 Å². The van der Waals surface area contributed by atoms with Gasteiger partial charge in [-0.15, -0.1) is 0 Å². The Morgan fingerprint density at radius 2 is 1.80 bits per heavy atom. The molecule has 1 aliphatic heterocycles. The summed E-state index contributed by atoms with van der Waals surface area (Å²) in [5.41, 5.74) is -0.302. The van der Waals surface area contributed by atoms with E-state index >= 15 is 8.78 Å². The van der Waals surface area contributed by atoms with E-state index in [2.05, 4.69) is 10.1 Å². The minimum Gasteiger partial charge on any atom is -0.296 e. The predicted octanol–water partition coefficient (Wildman–Crippen LogP) is 3.62. The van der Waals surface area contributed by atoms with Gasteiger partial charge >= 0.3 is 0 Å². The number of fused-ring (bicyclic) bond motifs is 2. The molecule has 0 saturated heterocycles. The summed E-state index contributed by atoms with van der Waals surface area (Å²) in [6, 6.07) is 2.27. The van der Waals surface area contributed by atoms with Crippen molar-refractivity contribution >= 4 is 23.8 Å². The van der Waals surface area contributed by atoms with Gasteiger partial charge in [-0.3, -0.25) is 14.2 Å². The van der Waals surface area contributed by atoms with Crippen LogP contribution in [0.1, 0.15) is 49.7 Å². The third kappa shape index (κ3) is 2.41. The van der Waals surface area contributed by atoms with Gasteiger partial charge in [-0.2, -0.15) is 5.10 Å². The highest BCUT2D eigenvalue weighted by atomic mass is 19.1. The van der Waals surface area contributed by atoms with Crippen LogP contribution in [-0.2, 0) is 15.7 Å². The van der Waals surface area contributed by atoms with Gasteiger partial charge in [-0.05, 0) is 23.8 Å². The quantitative estimate of drug-likeness (QED) is 0.617. The molecule has 1 amide bonds. The maximum absolute atomic E-state index is 15.1. The van der Waals surface area contributed by atoms with Crippen molar-refractivity contribution in [2.75, 3.05) is 4.90 Å². The van der Waals surface area contributed by atoms with Crippen LogP contribution in [0.4, 0.5) is 20.4 Å². The van der Waals surface area contributed by atoms with Gasteiger partial charge in [0.25, 0.3) is 5.91 Å². The lowest BCUT2D eigenvalue weighted by Gasteiger charge is -2.18. The molecule has 0 bridgehead atoms. The molecule has 0 radical (unpaired) electrons. The molecule has 0 atom stereocenters. The minimum absolute atomic E-state index is 0.0549. The number of hydrogen-bond acceptors (Lipinski definition) is 4. The fourth-order valence-corrected chi connectivity index (χ4v) is 3.94. The number of amides is 1. The summed E-state index contributed by atoms with van der Waals surface area (Å²) in [5, 5.41) is 4.21. The molecule has 2 aliphatic rings. The number of carbonyl (C=O) groups excluding carboxylic acids is 2. The second kappa shape index (κ2) is 5.84. The average molecular weight is 411 g/mol. The number of carbonyl (C=O) groups is 2. The van der Waals surface area contributed by atoms with E-state index in [1.54, 1.807) is 12.4 Å². The molecule has 30 heavy (non-hydrogen) atoms. The van der Waals surface area contributed by atoms with E-state index in [0.29, 0.717) is 19.1 Å². The third-order valence-corrected chi connectivity index (χ3v) is 5.78. The lowest BCUT2D eigenvalue weighted by atomic mass is 9.90. The SMILES string of the molecule is CC(C)(C)c1cnn(-c2cc(F)c(N3C(=O)C4(CC4)n4c(C=O)cnc43)c(F)c2)c1. The summed E-state index contributed by atoms with van der Waals surface area (Å²) in [7, 11) is 0. The van der Waals surface area contributed by atoms with Gasteiger partial charge in [-0.25, -0.2) is 23.3 Å². The van der Waals surface area contributed by atoms with Crippen LogP contribution in [0.2, 0.25) is 0 Å². The molecule has 1 fully saturated rings. The van der Waals surface area contributed by atoms with E-state index in [1.165, 1.54) is 15.4 Å². The summed E-state index contributed by atoms with van der Waals surface area (Å²) in [5.74, 6) is -2.25. The highest BCUT2D eigenvalue weighted by Crippen LogP contribution is 2.54. The molecular weight excluding hydrogens is 392 g/mol. The highest BCUT2D eigenvalue weighted by Gasteiger charge is 2.62. The van der Waals surface area contributed by atoms with Crippen molar-refractivity contribution in [1.29, 1.82) is 0 Å². The molecule has 0 unspecified atom stereocenters. The van der Waals surface area contributed by atoms with E-state index in [1.807, 2.05) is 20.8 Å². The Labute approximate surface area is 170 Å².